The zero-order valence-electron chi connectivity index (χ0n) is 17.2. The van der Waals surface area contributed by atoms with Gasteiger partial charge in [0.1, 0.15) is 0 Å². The molecule has 1 amide bonds. The fourth-order valence-corrected chi connectivity index (χ4v) is 3.36. The van der Waals surface area contributed by atoms with Crippen LogP contribution < -0.4 is 5.32 Å². The molecule has 0 heterocycles. The third-order valence-electron chi connectivity index (χ3n) is 5.25. The number of nitrogens with one attached hydrogen (secondary N) is 1. The van der Waals surface area contributed by atoms with Crippen LogP contribution in [0.15, 0.2) is 71.8 Å². The van der Waals surface area contributed by atoms with Crippen LogP contribution in [0.2, 0.25) is 0 Å². The van der Waals surface area contributed by atoms with E-state index < -0.39 is 29.9 Å². The number of anilines is 1. The molecule has 0 saturated heterocycles. The molecular weight excluding hydrogens is 432 g/mol. The molecule has 2 aromatic rings. The minimum Gasteiger partial charge on any atom is -0.322 e. The molecule has 8 heteroatoms. The predicted molar refractivity (Wildman–Crippen MR) is 111 cm³/mol. The molecule has 0 atom stereocenters. The van der Waals surface area contributed by atoms with Gasteiger partial charge < -0.3 is 5.32 Å². The summed E-state index contributed by atoms with van der Waals surface area (Å²) in [7, 11) is 0. The lowest BCUT2D eigenvalue weighted by atomic mass is 9.96. The number of rotatable bonds is 3. The van der Waals surface area contributed by atoms with Gasteiger partial charge in [-0.15, -0.1) is 0 Å². The van der Waals surface area contributed by atoms with E-state index in [4.69, 9.17) is 0 Å². The van der Waals surface area contributed by atoms with Crippen molar-refractivity contribution in [1.29, 1.82) is 0 Å². The van der Waals surface area contributed by atoms with Crippen molar-refractivity contribution in [2.45, 2.75) is 32.6 Å². The fourth-order valence-electron chi connectivity index (χ4n) is 3.36. The Bertz CT molecular complexity index is 1120. The number of halogens is 6. The van der Waals surface area contributed by atoms with Crippen molar-refractivity contribution < 1.29 is 31.1 Å². The Labute approximate surface area is 180 Å². The Balaban J connectivity index is 1.90. The Morgan fingerprint density at radius 3 is 2.12 bits per heavy atom. The predicted octanol–water partition coefficient (Wildman–Crippen LogP) is 7.32. The summed E-state index contributed by atoms with van der Waals surface area (Å²) in [6.45, 7) is 3.67. The quantitative estimate of drug-likeness (QED) is 0.487. The number of hydrogen-bond acceptors (Lipinski definition) is 1. The molecule has 0 bridgehead atoms. The maximum absolute atomic E-state index is 13.5. The van der Waals surface area contributed by atoms with E-state index in [1.165, 1.54) is 24.3 Å². The Hall–Kier alpha value is -3.29. The van der Waals surface area contributed by atoms with E-state index in [-0.39, 0.29) is 17.0 Å². The minimum absolute atomic E-state index is 0.117. The third kappa shape index (κ3) is 5.12. The van der Waals surface area contributed by atoms with Gasteiger partial charge in [-0.3, -0.25) is 4.79 Å². The second kappa shape index (κ2) is 8.68. The zero-order valence-corrected chi connectivity index (χ0v) is 17.2. The van der Waals surface area contributed by atoms with Crippen LogP contribution in [0.25, 0.3) is 5.57 Å². The highest BCUT2D eigenvalue weighted by molar-refractivity contribution is 6.05. The first-order valence-corrected chi connectivity index (χ1v) is 9.61. The number of allylic oxidation sites excluding steroid dienone is 6. The molecule has 2 nitrogen and oxygen atoms in total. The van der Waals surface area contributed by atoms with Gasteiger partial charge in [-0.1, -0.05) is 30.3 Å². The maximum atomic E-state index is 13.5. The van der Waals surface area contributed by atoms with Gasteiger partial charge in [-0.25, -0.2) is 0 Å². The fraction of sp³-hybridized carbons (Fsp3) is 0.208. The van der Waals surface area contributed by atoms with Gasteiger partial charge in [0.25, 0.3) is 5.91 Å². The molecule has 0 spiro atoms. The second-order valence-electron chi connectivity index (χ2n) is 7.36. The topological polar surface area (TPSA) is 29.1 Å². The highest BCUT2D eigenvalue weighted by Gasteiger charge is 2.38. The molecule has 0 unspecified atom stereocenters. The highest BCUT2D eigenvalue weighted by Crippen LogP contribution is 2.39. The van der Waals surface area contributed by atoms with Crippen molar-refractivity contribution in [3.63, 3.8) is 0 Å². The van der Waals surface area contributed by atoms with Gasteiger partial charge in [0.2, 0.25) is 0 Å². The van der Waals surface area contributed by atoms with E-state index in [1.807, 2.05) is 13.0 Å². The summed E-state index contributed by atoms with van der Waals surface area (Å²) in [4.78, 5) is 12.5. The van der Waals surface area contributed by atoms with Gasteiger partial charge in [0, 0.05) is 11.3 Å². The molecule has 1 aliphatic carbocycles. The molecule has 0 fully saturated rings. The molecule has 0 saturated carbocycles. The van der Waals surface area contributed by atoms with E-state index in [0.29, 0.717) is 23.4 Å². The molecule has 32 heavy (non-hydrogen) atoms. The largest absolute Gasteiger partial charge is 0.416 e. The van der Waals surface area contributed by atoms with Crippen molar-refractivity contribution in [1.82, 2.24) is 0 Å². The Morgan fingerprint density at radius 1 is 0.875 bits per heavy atom. The summed E-state index contributed by atoms with van der Waals surface area (Å²) >= 11 is 0. The van der Waals surface area contributed by atoms with Crippen molar-refractivity contribution in [2.24, 2.45) is 0 Å². The number of aryl methyl sites for hydroxylation is 1. The average Bonchev–Trinajstić information content (AvgIpc) is 2.94. The summed E-state index contributed by atoms with van der Waals surface area (Å²) in [6, 6.07) is 10.8. The number of amides is 1. The smallest absolute Gasteiger partial charge is 0.322 e. The standard InChI is InChI=1S/C24H19F6NO/c1-14-4-3-5-19(15(14)2)22(32)31-18-10-6-16(7-11-18)20-12-8-17(23(25,26)27)9-13-21(20)24(28,29)30/h3-11,13H,12H2,1-2H3,(H,31,32). The Morgan fingerprint density at radius 2 is 1.53 bits per heavy atom. The van der Waals surface area contributed by atoms with E-state index in [2.05, 4.69) is 5.32 Å². The van der Waals surface area contributed by atoms with Gasteiger partial charge >= 0.3 is 12.4 Å². The summed E-state index contributed by atoms with van der Waals surface area (Å²) < 4.78 is 79.5. The Kier molecular flexibility index (Phi) is 6.34. The van der Waals surface area contributed by atoms with E-state index in [0.717, 1.165) is 17.2 Å². The first-order chi connectivity index (χ1) is 14.9. The van der Waals surface area contributed by atoms with Crippen LogP contribution in [-0.4, -0.2) is 18.3 Å². The van der Waals surface area contributed by atoms with Crippen LogP contribution in [0.3, 0.4) is 0 Å². The average molecular weight is 451 g/mol. The summed E-state index contributed by atoms with van der Waals surface area (Å²) in [5, 5.41) is 2.69. The van der Waals surface area contributed by atoms with Crippen molar-refractivity contribution in [2.75, 3.05) is 5.32 Å². The molecule has 0 aromatic heterocycles. The van der Waals surface area contributed by atoms with E-state index in [1.54, 1.807) is 19.1 Å². The van der Waals surface area contributed by atoms with Crippen molar-refractivity contribution >= 4 is 17.2 Å². The molecule has 3 rings (SSSR count). The third-order valence-corrected chi connectivity index (χ3v) is 5.25. The monoisotopic (exact) mass is 451 g/mol. The highest BCUT2D eigenvalue weighted by atomic mass is 19.4. The first-order valence-electron chi connectivity index (χ1n) is 9.61. The number of carbonyl (C=O) groups is 1. The minimum atomic E-state index is -4.82. The zero-order chi connectivity index (χ0) is 23.7. The molecule has 0 radical (unpaired) electrons. The lowest BCUT2D eigenvalue weighted by molar-refractivity contribution is -0.0902. The van der Waals surface area contributed by atoms with Crippen LogP contribution in [0, 0.1) is 13.8 Å². The van der Waals surface area contributed by atoms with Crippen LogP contribution in [0.1, 0.15) is 33.5 Å². The van der Waals surface area contributed by atoms with Crippen molar-refractivity contribution in [3.05, 3.63) is 94.1 Å². The summed E-state index contributed by atoms with van der Waals surface area (Å²) in [5.41, 5.74) is 0.129. The summed E-state index contributed by atoms with van der Waals surface area (Å²) in [5.74, 6) is -0.371. The first kappa shape index (κ1) is 23.4. The second-order valence-corrected chi connectivity index (χ2v) is 7.36. The lowest BCUT2D eigenvalue weighted by Crippen LogP contribution is -2.14. The van der Waals surface area contributed by atoms with Crippen LogP contribution >= 0.6 is 0 Å². The van der Waals surface area contributed by atoms with Gasteiger partial charge in [-0.05, 0) is 72.9 Å². The van der Waals surface area contributed by atoms with Gasteiger partial charge in [0.05, 0.1) is 11.1 Å². The SMILES string of the molecule is Cc1cccc(C(=O)Nc2ccc(C3=C(C(F)(F)F)C=CC(C(F)(F)F)=CC3)cc2)c1C. The lowest BCUT2D eigenvalue weighted by Gasteiger charge is -2.15. The summed E-state index contributed by atoms with van der Waals surface area (Å²) in [6.07, 6.45) is -8.47. The molecule has 1 aliphatic rings. The van der Waals surface area contributed by atoms with Gasteiger partial charge in [0.15, 0.2) is 0 Å². The maximum Gasteiger partial charge on any atom is 0.416 e. The molecule has 0 aliphatic heterocycles. The number of alkyl halides is 6. The van der Waals surface area contributed by atoms with Crippen LogP contribution in [-0.2, 0) is 0 Å². The van der Waals surface area contributed by atoms with E-state index >= 15 is 0 Å². The molecular formula is C24H19F6NO. The van der Waals surface area contributed by atoms with Crippen LogP contribution in [0.5, 0.6) is 0 Å². The number of carbonyl (C=O) groups excluding carboxylic acids is 1. The number of hydrogen-bond donors (Lipinski definition) is 1. The molecule has 1 N–H and O–H groups in total. The normalized spacial score (nSPS) is 14.8. The van der Waals surface area contributed by atoms with Gasteiger partial charge in [-0.2, -0.15) is 26.3 Å². The van der Waals surface area contributed by atoms with Crippen LogP contribution in [0.4, 0.5) is 32.0 Å². The van der Waals surface area contributed by atoms with E-state index in [9.17, 15) is 31.1 Å². The number of benzene rings is 2. The molecule has 2 aromatic carbocycles. The van der Waals surface area contributed by atoms with Crippen molar-refractivity contribution in [3.8, 4) is 0 Å². The molecule has 168 valence electrons.